The van der Waals surface area contributed by atoms with Crippen molar-refractivity contribution in [3.05, 3.63) is 35.6 Å². The monoisotopic (exact) mass is 251 g/mol. The van der Waals surface area contributed by atoms with Crippen molar-refractivity contribution in [2.75, 3.05) is 13.1 Å². The molecule has 2 unspecified atom stereocenters. The molecule has 0 radical (unpaired) electrons. The SMILES string of the molecule is CCCC(C)C(CNCC)Cc1ccc(F)cc1. The molecule has 0 aliphatic heterocycles. The van der Waals surface area contributed by atoms with Gasteiger partial charge in [0.05, 0.1) is 0 Å². The minimum absolute atomic E-state index is 0.149. The van der Waals surface area contributed by atoms with E-state index in [0.29, 0.717) is 11.8 Å². The maximum absolute atomic E-state index is 12.9. The largest absolute Gasteiger partial charge is 0.317 e. The van der Waals surface area contributed by atoms with E-state index in [9.17, 15) is 4.39 Å². The molecule has 0 aliphatic carbocycles. The maximum atomic E-state index is 12.9. The van der Waals surface area contributed by atoms with E-state index in [0.717, 1.165) is 19.5 Å². The van der Waals surface area contributed by atoms with E-state index in [4.69, 9.17) is 0 Å². The lowest BCUT2D eigenvalue weighted by molar-refractivity contribution is 0.320. The van der Waals surface area contributed by atoms with Gasteiger partial charge < -0.3 is 5.32 Å². The van der Waals surface area contributed by atoms with E-state index >= 15 is 0 Å². The quantitative estimate of drug-likeness (QED) is 0.735. The Labute approximate surface area is 111 Å². The molecule has 0 bridgehead atoms. The number of halogens is 1. The molecule has 1 aromatic rings. The van der Waals surface area contributed by atoms with Crippen LogP contribution >= 0.6 is 0 Å². The van der Waals surface area contributed by atoms with Crippen molar-refractivity contribution >= 4 is 0 Å². The molecular formula is C16H26FN. The van der Waals surface area contributed by atoms with Gasteiger partial charge in [0, 0.05) is 0 Å². The van der Waals surface area contributed by atoms with Crippen LogP contribution in [-0.4, -0.2) is 13.1 Å². The van der Waals surface area contributed by atoms with E-state index in [1.54, 1.807) is 12.1 Å². The van der Waals surface area contributed by atoms with Crippen LogP contribution in [0.25, 0.3) is 0 Å². The first-order valence-corrected chi connectivity index (χ1v) is 7.12. The predicted molar refractivity (Wildman–Crippen MR) is 76.2 cm³/mol. The standard InChI is InChI=1S/C16H26FN/c1-4-6-13(3)15(12-18-5-2)11-14-7-9-16(17)10-8-14/h7-10,13,15,18H,4-6,11-12H2,1-3H3. The van der Waals surface area contributed by atoms with Crippen molar-refractivity contribution < 1.29 is 4.39 Å². The van der Waals surface area contributed by atoms with Gasteiger partial charge in [-0.1, -0.05) is 45.7 Å². The third-order valence-corrected chi connectivity index (χ3v) is 3.62. The zero-order chi connectivity index (χ0) is 13.4. The van der Waals surface area contributed by atoms with E-state index in [-0.39, 0.29) is 5.82 Å². The highest BCUT2D eigenvalue weighted by atomic mass is 19.1. The van der Waals surface area contributed by atoms with Gasteiger partial charge >= 0.3 is 0 Å². The molecule has 1 nitrogen and oxygen atoms in total. The number of hydrogen-bond acceptors (Lipinski definition) is 1. The molecule has 2 atom stereocenters. The van der Waals surface area contributed by atoms with Gasteiger partial charge in [-0.25, -0.2) is 4.39 Å². The Morgan fingerprint density at radius 2 is 1.83 bits per heavy atom. The Kier molecular flexibility index (Phi) is 6.96. The molecule has 0 heterocycles. The number of hydrogen-bond donors (Lipinski definition) is 1. The third kappa shape index (κ3) is 5.18. The van der Waals surface area contributed by atoms with Gasteiger partial charge in [-0.05, 0) is 49.0 Å². The lowest BCUT2D eigenvalue weighted by Crippen LogP contribution is -2.28. The Bertz CT molecular complexity index is 320. The molecule has 1 rings (SSSR count). The molecule has 0 aliphatic rings. The van der Waals surface area contributed by atoms with E-state index in [1.807, 2.05) is 12.1 Å². The molecule has 0 aromatic heterocycles. The van der Waals surface area contributed by atoms with E-state index in [2.05, 4.69) is 26.1 Å². The fraction of sp³-hybridized carbons (Fsp3) is 0.625. The summed E-state index contributed by atoms with van der Waals surface area (Å²) in [6.45, 7) is 8.76. The van der Waals surface area contributed by atoms with E-state index < -0.39 is 0 Å². The normalized spacial score (nSPS) is 14.4. The molecule has 0 amide bonds. The van der Waals surface area contributed by atoms with Crippen LogP contribution in [0.3, 0.4) is 0 Å². The summed E-state index contributed by atoms with van der Waals surface area (Å²) in [4.78, 5) is 0. The van der Waals surface area contributed by atoms with Crippen LogP contribution in [0, 0.1) is 17.7 Å². The van der Waals surface area contributed by atoms with Gasteiger partial charge in [-0.3, -0.25) is 0 Å². The van der Waals surface area contributed by atoms with Crippen LogP contribution in [0.15, 0.2) is 24.3 Å². The fourth-order valence-corrected chi connectivity index (χ4v) is 2.42. The summed E-state index contributed by atoms with van der Waals surface area (Å²) >= 11 is 0. The fourth-order valence-electron chi connectivity index (χ4n) is 2.42. The van der Waals surface area contributed by atoms with Gasteiger partial charge in [0.2, 0.25) is 0 Å². The number of nitrogens with one attached hydrogen (secondary N) is 1. The minimum atomic E-state index is -0.149. The molecular weight excluding hydrogens is 225 g/mol. The summed E-state index contributed by atoms with van der Waals surface area (Å²) in [6.07, 6.45) is 3.53. The van der Waals surface area contributed by atoms with Crippen molar-refractivity contribution in [3.8, 4) is 0 Å². The lowest BCUT2D eigenvalue weighted by Gasteiger charge is -2.24. The second-order valence-electron chi connectivity index (χ2n) is 5.16. The van der Waals surface area contributed by atoms with Crippen molar-refractivity contribution in [2.45, 2.75) is 40.0 Å². The van der Waals surface area contributed by atoms with E-state index in [1.165, 1.54) is 18.4 Å². The van der Waals surface area contributed by atoms with Crippen molar-refractivity contribution in [1.29, 1.82) is 0 Å². The first-order chi connectivity index (χ1) is 8.67. The predicted octanol–water partition coefficient (Wildman–Crippen LogP) is 4.03. The topological polar surface area (TPSA) is 12.0 Å². The Balaban J connectivity index is 2.61. The van der Waals surface area contributed by atoms with Crippen molar-refractivity contribution in [1.82, 2.24) is 5.32 Å². The van der Waals surface area contributed by atoms with Gasteiger partial charge in [0.15, 0.2) is 0 Å². The Morgan fingerprint density at radius 1 is 1.17 bits per heavy atom. The zero-order valence-electron chi connectivity index (χ0n) is 11.9. The zero-order valence-corrected chi connectivity index (χ0v) is 11.9. The Morgan fingerprint density at radius 3 is 2.39 bits per heavy atom. The smallest absolute Gasteiger partial charge is 0.123 e. The number of benzene rings is 1. The van der Waals surface area contributed by atoms with Crippen LogP contribution < -0.4 is 5.32 Å². The molecule has 1 aromatic carbocycles. The highest BCUT2D eigenvalue weighted by molar-refractivity contribution is 5.16. The summed E-state index contributed by atoms with van der Waals surface area (Å²) in [5.74, 6) is 1.19. The molecule has 0 saturated heterocycles. The molecule has 2 heteroatoms. The average Bonchev–Trinajstić information content (AvgIpc) is 2.37. The van der Waals surface area contributed by atoms with Crippen LogP contribution in [0.5, 0.6) is 0 Å². The first-order valence-electron chi connectivity index (χ1n) is 7.12. The third-order valence-electron chi connectivity index (χ3n) is 3.62. The molecule has 0 fully saturated rings. The van der Waals surface area contributed by atoms with Gasteiger partial charge in [-0.15, -0.1) is 0 Å². The number of rotatable bonds is 8. The van der Waals surface area contributed by atoms with Crippen LogP contribution in [-0.2, 0) is 6.42 Å². The van der Waals surface area contributed by atoms with Crippen LogP contribution in [0.4, 0.5) is 4.39 Å². The summed E-state index contributed by atoms with van der Waals surface area (Å²) in [5.41, 5.74) is 1.24. The highest BCUT2D eigenvalue weighted by Crippen LogP contribution is 2.21. The Hall–Kier alpha value is -0.890. The average molecular weight is 251 g/mol. The molecule has 18 heavy (non-hydrogen) atoms. The molecule has 102 valence electrons. The second-order valence-corrected chi connectivity index (χ2v) is 5.16. The van der Waals surface area contributed by atoms with Gasteiger partial charge in [0.25, 0.3) is 0 Å². The van der Waals surface area contributed by atoms with Crippen LogP contribution in [0.2, 0.25) is 0 Å². The summed E-state index contributed by atoms with van der Waals surface area (Å²) < 4.78 is 12.9. The first kappa shape index (κ1) is 15.2. The lowest BCUT2D eigenvalue weighted by atomic mass is 9.85. The highest BCUT2D eigenvalue weighted by Gasteiger charge is 2.16. The summed E-state index contributed by atoms with van der Waals surface area (Å²) in [7, 11) is 0. The molecule has 1 N–H and O–H groups in total. The van der Waals surface area contributed by atoms with Crippen LogP contribution in [0.1, 0.15) is 39.2 Å². The van der Waals surface area contributed by atoms with Gasteiger partial charge in [0.1, 0.15) is 5.82 Å². The molecule has 0 saturated carbocycles. The van der Waals surface area contributed by atoms with Gasteiger partial charge in [-0.2, -0.15) is 0 Å². The maximum Gasteiger partial charge on any atom is 0.123 e. The second kappa shape index (κ2) is 8.25. The van der Waals surface area contributed by atoms with Crippen molar-refractivity contribution in [3.63, 3.8) is 0 Å². The minimum Gasteiger partial charge on any atom is -0.317 e. The summed E-state index contributed by atoms with van der Waals surface area (Å²) in [5, 5.41) is 3.45. The van der Waals surface area contributed by atoms with Crippen molar-refractivity contribution in [2.24, 2.45) is 11.8 Å². The molecule has 0 spiro atoms. The summed E-state index contributed by atoms with van der Waals surface area (Å²) in [6, 6.07) is 6.94.